The van der Waals surface area contributed by atoms with Crippen LogP contribution in [-0.2, 0) is 0 Å². The Hall–Kier alpha value is -2.11. The number of fused-ring (bicyclic) bond motifs is 2. The Morgan fingerprint density at radius 3 is 2.60 bits per heavy atom. The minimum Gasteiger partial charge on any atom is -0.398 e. The summed E-state index contributed by atoms with van der Waals surface area (Å²) in [6.45, 7) is 0. The van der Waals surface area contributed by atoms with Gasteiger partial charge < -0.3 is 5.73 Å². The Labute approximate surface area is 123 Å². The Morgan fingerprint density at radius 1 is 1.15 bits per heavy atom. The van der Waals surface area contributed by atoms with Crippen molar-refractivity contribution in [3.05, 3.63) is 50.5 Å². The molecule has 0 bridgehead atoms. The van der Waals surface area contributed by atoms with Gasteiger partial charge in [0, 0.05) is 16.8 Å². The van der Waals surface area contributed by atoms with Gasteiger partial charge in [-0.25, -0.2) is 4.98 Å². The lowest BCUT2D eigenvalue weighted by Gasteiger charge is -2.08. The van der Waals surface area contributed by atoms with Crippen LogP contribution in [0.4, 0.5) is 11.4 Å². The lowest BCUT2D eigenvalue weighted by molar-refractivity contribution is -0.384. The number of rotatable bonds is 1. The molecule has 0 aliphatic heterocycles. The molecule has 3 aromatic rings. The number of nitrogens with zero attached hydrogens (tertiary/aromatic N) is 2. The van der Waals surface area contributed by atoms with Crippen LogP contribution in [0, 0.1) is 10.1 Å². The molecule has 0 unspecified atom stereocenters. The largest absolute Gasteiger partial charge is 0.398 e. The highest BCUT2D eigenvalue weighted by atomic mass is 35.5. The van der Waals surface area contributed by atoms with E-state index in [1.54, 1.807) is 18.2 Å². The molecule has 7 heteroatoms. The normalized spacial score (nSPS) is 11.1. The molecule has 2 N–H and O–H groups in total. The zero-order valence-electron chi connectivity index (χ0n) is 9.93. The number of halogens is 2. The van der Waals surface area contributed by atoms with Crippen molar-refractivity contribution < 1.29 is 4.92 Å². The van der Waals surface area contributed by atoms with E-state index in [0.29, 0.717) is 32.5 Å². The molecule has 0 saturated heterocycles. The van der Waals surface area contributed by atoms with Gasteiger partial charge in [0.25, 0.3) is 5.69 Å². The van der Waals surface area contributed by atoms with Gasteiger partial charge in [-0.1, -0.05) is 35.3 Å². The van der Waals surface area contributed by atoms with Gasteiger partial charge in [-0.05, 0) is 12.1 Å². The van der Waals surface area contributed by atoms with Crippen LogP contribution in [-0.4, -0.2) is 9.91 Å². The molecule has 0 fully saturated rings. The van der Waals surface area contributed by atoms with E-state index in [4.69, 9.17) is 28.9 Å². The smallest absolute Gasteiger partial charge is 0.288 e. The molecule has 0 aliphatic carbocycles. The summed E-state index contributed by atoms with van der Waals surface area (Å²) in [7, 11) is 0. The molecule has 0 radical (unpaired) electrons. The number of aromatic nitrogens is 1. The van der Waals surface area contributed by atoms with Crippen LogP contribution in [0.5, 0.6) is 0 Å². The Bertz CT molecular complexity index is 880. The topological polar surface area (TPSA) is 82.0 Å². The molecule has 20 heavy (non-hydrogen) atoms. The zero-order valence-corrected chi connectivity index (χ0v) is 11.4. The maximum absolute atomic E-state index is 10.9. The highest BCUT2D eigenvalue weighted by Crippen LogP contribution is 2.36. The summed E-state index contributed by atoms with van der Waals surface area (Å²) >= 11 is 12.0. The fourth-order valence-corrected chi connectivity index (χ4v) is 2.56. The summed E-state index contributed by atoms with van der Waals surface area (Å²) in [6.07, 6.45) is 0. The summed E-state index contributed by atoms with van der Waals surface area (Å²) in [6, 6.07) is 7.98. The molecular formula is C13H7Cl2N3O2. The molecule has 0 saturated carbocycles. The third-order valence-corrected chi connectivity index (χ3v) is 3.67. The van der Waals surface area contributed by atoms with E-state index in [0.717, 1.165) is 0 Å². The van der Waals surface area contributed by atoms with Crippen LogP contribution in [0.2, 0.25) is 10.0 Å². The first-order valence-electron chi connectivity index (χ1n) is 5.60. The fourth-order valence-electron chi connectivity index (χ4n) is 2.11. The zero-order chi connectivity index (χ0) is 14.4. The number of para-hydroxylation sites is 1. The van der Waals surface area contributed by atoms with E-state index in [1.165, 1.54) is 12.1 Å². The van der Waals surface area contributed by atoms with Gasteiger partial charge in [0.15, 0.2) is 0 Å². The second kappa shape index (κ2) is 4.47. The summed E-state index contributed by atoms with van der Waals surface area (Å²) in [4.78, 5) is 14.8. The van der Waals surface area contributed by atoms with E-state index >= 15 is 0 Å². The average Bonchev–Trinajstić information content (AvgIpc) is 2.39. The third kappa shape index (κ3) is 1.83. The maximum Gasteiger partial charge on any atom is 0.288 e. The van der Waals surface area contributed by atoms with Crippen molar-refractivity contribution in [1.29, 1.82) is 0 Å². The Morgan fingerprint density at radius 2 is 1.90 bits per heavy atom. The SMILES string of the molecule is Nc1c2cc([N+](=O)[O-])c(Cl)cc2nc2c(Cl)cccc12. The van der Waals surface area contributed by atoms with Crippen molar-refractivity contribution in [2.45, 2.75) is 0 Å². The number of nitro benzene ring substituents is 1. The van der Waals surface area contributed by atoms with E-state index in [2.05, 4.69) is 4.98 Å². The predicted molar refractivity (Wildman–Crippen MR) is 80.3 cm³/mol. The number of hydrogen-bond acceptors (Lipinski definition) is 4. The standard InChI is InChI=1S/C13H7Cl2N3O2/c14-8-3-1-2-6-12(16)7-4-11(18(19)20)9(15)5-10(7)17-13(6)8/h1-5H,(H2,16,17). The molecule has 2 aromatic carbocycles. The van der Waals surface area contributed by atoms with Gasteiger partial charge in [-0.15, -0.1) is 0 Å². The maximum atomic E-state index is 10.9. The highest BCUT2D eigenvalue weighted by Gasteiger charge is 2.17. The van der Waals surface area contributed by atoms with Crippen LogP contribution < -0.4 is 5.73 Å². The van der Waals surface area contributed by atoms with Gasteiger partial charge in [0.2, 0.25) is 0 Å². The van der Waals surface area contributed by atoms with Gasteiger partial charge in [-0.2, -0.15) is 0 Å². The molecule has 3 rings (SSSR count). The summed E-state index contributed by atoms with van der Waals surface area (Å²) < 4.78 is 0. The molecule has 0 spiro atoms. The minimum atomic E-state index is -0.552. The summed E-state index contributed by atoms with van der Waals surface area (Å²) in [5, 5.41) is 12.5. The monoisotopic (exact) mass is 307 g/mol. The number of benzene rings is 2. The summed E-state index contributed by atoms with van der Waals surface area (Å²) in [5.74, 6) is 0. The second-order valence-electron chi connectivity index (χ2n) is 4.24. The van der Waals surface area contributed by atoms with Gasteiger partial charge >= 0.3 is 0 Å². The first-order valence-corrected chi connectivity index (χ1v) is 6.36. The van der Waals surface area contributed by atoms with E-state index in [-0.39, 0.29) is 10.7 Å². The molecule has 5 nitrogen and oxygen atoms in total. The molecule has 1 aromatic heterocycles. The average molecular weight is 308 g/mol. The van der Waals surface area contributed by atoms with Crippen molar-refractivity contribution in [2.24, 2.45) is 0 Å². The number of nitrogens with two attached hydrogens (primary N) is 1. The predicted octanol–water partition coefficient (Wildman–Crippen LogP) is 4.19. The minimum absolute atomic E-state index is 0.0146. The lowest BCUT2D eigenvalue weighted by Crippen LogP contribution is -1.96. The van der Waals surface area contributed by atoms with Crippen molar-refractivity contribution in [3.8, 4) is 0 Å². The number of nitrogen functional groups attached to an aromatic ring is 1. The summed E-state index contributed by atoms with van der Waals surface area (Å²) in [5.41, 5.74) is 7.29. The Kier molecular flexibility index (Phi) is 2.88. The lowest BCUT2D eigenvalue weighted by atomic mass is 10.1. The van der Waals surface area contributed by atoms with Crippen molar-refractivity contribution in [2.75, 3.05) is 5.73 Å². The van der Waals surface area contributed by atoms with Crippen LogP contribution >= 0.6 is 23.2 Å². The molecule has 100 valence electrons. The van der Waals surface area contributed by atoms with Gasteiger partial charge in [-0.3, -0.25) is 10.1 Å². The number of nitro groups is 1. The van der Waals surface area contributed by atoms with E-state index < -0.39 is 4.92 Å². The Balaban J connectivity index is 2.51. The van der Waals surface area contributed by atoms with Crippen molar-refractivity contribution in [1.82, 2.24) is 4.98 Å². The van der Waals surface area contributed by atoms with E-state index in [9.17, 15) is 10.1 Å². The van der Waals surface area contributed by atoms with Crippen LogP contribution in [0.25, 0.3) is 21.8 Å². The van der Waals surface area contributed by atoms with E-state index in [1.807, 2.05) is 0 Å². The third-order valence-electron chi connectivity index (χ3n) is 3.06. The van der Waals surface area contributed by atoms with Crippen LogP contribution in [0.3, 0.4) is 0 Å². The first kappa shape index (κ1) is 12.9. The molecule has 0 atom stereocenters. The quantitative estimate of drug-likeness (QED) is 0.415. The van der Waals surface area contributed by atoms with Gasteiger partial charge in [0.1, 0.15) is 5.02 Å². The number of anilines is 1. The molecule has 0 amide bonds. The van der Waals surface area contributed by atoms with Crippen molar-refractivity contribution >= 4 is 56.4 Å². The number of pyridine rings is 1. The van der Waals surface area contributed by atoms with Crippen LogP contribution in [0.1, 0.15) is 0 Å². The number of hydrogen-bond donors (Lipinski definition) is 1. The second-order valence-corrected chi connectivity index (χ2v) is 5.05. The molecular weight excluding hydrogens is 301 g/mol. The van der Waals surface area contributed by atoms with Crippen LogP contribution in [0.15, 0.2) is 30.3 Å². The molecule has 1 heterocycles. The highest BCUT2D eigenvalue weighted by molar-refractivity contribution is 6.36. The molecule has 0 aliphatic rings. The first-order chi connectivity index (χ1) is 9.49. The van der Waals surface area contributed by atoms with Gasteiger partial charge in [0.05, 0.1) is 26.7 Å². The van der Waals surface area contributed by atoms with Crippen molar-refractivity contribution in [3.63, 3.8) is 0 Å². The fraction of sp³-hybridized carbons (Fsp3) is 0.